The molecule has 6 N–H and O–H groups in total. The molecule has 65 heavy (non-hydrogen) atoms. The van der Waals surface area contributed by atoms with Crippen molar-refractivity contribution >= 4 is 19.8 Å². The Hall–Kier alpha value is -2.71. The summed E-state index contributed by atoms with van der Waals surface area (Å²) >= 11 is 0. The number of ether oxygens (including phenoxy) is 2. The van der Waals surface area contributed by atoms with Crippen LogP contribution in [0.15, 0.2) is 72.9 Å². The molecule has 0 amide bonds. The number of hydrogen-bond donors (Lipinski definition) is 6. The molecule has 0 aromatic heterocycles. The average molecular weight is 939 g/mol. The highest BCUT2D eigenvalue weighted by Gasteiger charge is 2.51. The number of carbonyl (C=O) groups is 2. The predicted molar refractivity (Wildman–Crippen MR) is 258 cm³/mol. The zero-order valence-corrected chi connectivity index (χ0v) is 40.7. The number of aliphatic hydroxyl groups is 5. The van der Waals surface area contributed by atoms with Crippen LogP contribution in [-0.4, -0.2) is 98.3 Å². The Bertz CT molecular complexity index is 1410. The van der Waals surface area contributed by atoms with Crippen molar-refractivity contribution in [2.24, 2.45) is 0 Å². The maximum Gasteiger partial charge on any atom is 0.472 e. The second-order valence-corrected chi connectivity index (χ2v) is 18.4. The third-order valence-electron chi connectivity index (χ3n) is 11.0. The number of unbranched alkanes of at least 4 members (excludes halogenated alkanes) is 17. The van der Waals surface area contributed by atoms with E-state index < -0.39 is 75.7 Å². The molecule has 1 saturated carbocycles. The summed E-state index contributed by atoms with van der Waals surface area (Å²) in [6, 6.07) is 0. The Morgan fingerprint density at radius 3 is 1.42 bits per heavy atom. The number of phosphoric ester groups is 1. The highest BCUT2D eigenvalue weighted by atomic mass is 31.2. The van der Waals surface area contributed by atoms with E-state index in [1.165, 1.54) is 70.6 Å². The number of allylic oxidation sites excluding steroid dienone is 12. The van der Waals surface area contributed by atoms with E-state index in [2.05, 4.69) is 74.6 Å². The first kappa shape index (κ1) is 60.3. The van der Waals surface area contributed by atoms with Crippen molar-refractivity contribution in [1.82, 2.24) is 0 Å². The molecular weight excluding hydrogens is 852 g/mol. The number of carbonyl (C=O) groups excluding carboxylic acids is 2. The molecule has 14 heteroatoms. The second-order valence-electron chi connectivity index (χ2n) is 17.0. The third-order valence-corrected chi connectivity index (χ3v) is 12.0. The first-order valence-electron chi connectivity index (χ1n) is 24.8. The van der Waals surface area contributed by atoms with Gasteiger partial charge < -0.3 is 39.9 Å². The molecule has 1 aliphatic carbocycles. The summed E-state index contributed by atoms with van der Waals surface area (Å²) in [4.78, 5) is 35.7. The predicted octanol–water partition coefficient (Wildman–Crippen LogP) is 10.3. The van der Waals surface area contributed by atoms with Crippen molar-refractivity contribution in [2.75, 3.05) is 13.2 Å². The molecule has 8 atom stereocenters. The summed E-state index contributed by atoms with van der Waals surface area (Å²) in [5, 5.41) is 50.2. The first-order valence-corrected chi connectivity index (χ1v) is 26.3. The summed E-state index contributed by atoms with van der Waals surface area (Å²) in [5.74, 6) is -1.19. The van der Waals surface area contributed by atoms with Crippen LogP contribution in [-0.2, 0) is 32.7 Å². The van der Waals surface area contributed by atoms with Crippen LogP contribution in [0.3, 0.4) is 0 Å². The van der Waals surface area contributed by atoms with Crippen LogP contribution >= 0.6 is 7.82 Å². The molecule has 0 heterocycles. The van der Waals surface area contributed by atoms with E-state index in [0.29, 0.717) is 19.3 Å². The highest BCUT2D eigenvalue weighted by Crippen LogP contribution is 2.47. The van der Waals surface area contributed by atoms with E-state index in [-0.39, 0.29) is 12.8 Å². The van der Waals surface area contributed by atoms with Crippen LogP contribution in [0.5, 0.6) is 0 Å². The smallest absolute Gasteiger partial charge is 0.462 e. The van der Waals surface area contributed by atoms with Crippen LogP contribution in [0.1, 0.15) is 181 Å². The first-order chi connectivity index (χ1) is 31.4. The van der Waals surface area contributed by atoms with Crippen LogP contribution in [0.2, 0.25) is 0 Å². The topological polar surface area (TPSA) is 210 Å². The monoisotopic (exact) mass is 939 g/mol. The average Bonchev–Trinajstić information content (AvgIpc) is 3.29. The van der Waals surface area contributed by atoms with Gasteiger partial charge in [0.15, 0.2) is 6.10 Å². The largest absolute Gasteiger partial charge is 0.472 e. The Morgan fingerprint density at radius 2 is 0.892 bits per heavy atom. The fourth-order valence-corrected chi connectivity index (χ4v) is 8.01. The number of hydrogen-bond acceptors (Lipinski definition) is 12. The lowest BCUT2D eigenvalue weighted by Crippen LogP contribution is -2.64. The molecule has 0 aliphatic heterocycles. The van der Waals surface area contributed by atoms with Crippen molar-refractivity contribution < 1.29 is 63.1 Å². The van der Waals surface area contributed by atoms with Crippen molar-refractivity contribution in [3.8, 4) is 0 Å². The van der Waals surface area contributed by atoms with E-state index in [0.717, 1.165) is 64.2 Å². The lowest BCUT2D eigenvalue weighted by atomic mass is 9.85. The zero-order valence-electron chi connectivity index (χ0n) is 39.8. The Kier molecular flexibility index (Phi) is 37.5. The van der Waals surface area contributed by atoms with Gasteiger partial charge in [-0.15, -0.1) is 0 Å². The van der Waals surface area contributed by atoms with Gasteiger partial charge in [-0.05, 0) is 77.0 Å². The van der Waals surface area contributed by atoms with E-state index in [1.54, 1.807) is 0 Å². The van der Waals surface area contributed by atoms with Crippen molar-refractivity contribution in [2.45, 2.75) is 224 Å². The van der Waals surface area contributed by atoms with Gasteiger partial charge in [0.25, 0.3) is 0 Å². The van der Waals surface area contributed by atoms with E-state index in [1.807, 2.05) is 12.2 Å². The molecule has 374 valence electrons. The summed E-state index contributed by atoms with van der Waals surface area (Å²) < 4.78 is 33.5. The molecule has 1 aliphatic rings. The molecule has 0 bridgehead atoms. The van der Waals surface area contributed by atoms with Crippen LogP contribution in [0.25, 0.3) is 0 Å². The van der Waals surface area contributed by atoms with Gasteiger partial charge in [-0.1, -0.05) is 164 Å². The van der Waals surface area contributed by atoms with Gasteiger partial charge in [0, 0.05) is 12.8 Å². The van der Waals surface area contributed by atoms with Crippen LogP contribution in [0, 0.1) is 0 Å². The maximum absolute atomic E-state index is 12.8. The van der Waals surface area contributed by atoms with Crippen molar-refractivity contribution in [1.29, 1.82) is 0 Å². The van der Waals surface area contributed by atoms with Crippen LogP contribution < -0.4 is 0 Å². The molecule has 1 fully saturated rings. The third kappa shape index (κ3) is 32.6. The highest BCUT2D eigenvalue weighted by molar-refractivity contribution is 7.47. The lowest BCUT2D eigenvalue weighted by molar-refractivity contribution is -0.220. The number of rotatable bonds is 40. The molecule has 0 saturated heterocycles. The van der Waals surface area contributed by atoms with Gasteiger partial charge in [0.2, 0.25) is 0 Å². The minimum absolute atomic E-state index is 0.0143. The maximum atomic E-state index is 12.8. The number of aliphatic hydroxyl groups excluding tert-OH is 5. The number of esters is 2. The van der Waals surface area contributed by atoms with Gasteiger partial charge >= 0.3 is 19.8 Å². The summed E-state index contributed by atoms with van der Waals surface area (Å²) in [6.07, 6.45) is 38.2. The molecule has 6 unspecified atom stereocenters. The SMILES string of the molecule is CCCCCC/C=C/C=C/CCCCCCCC(=O)OC[C@H](COP(=O)(O)OC1C(O)C(O)C(O)[C@@H](O)C1O)OC(=O)CCC/C=C/C/C=C/C/C=C/C/C=C/CCCCCCCCC. The van der Waals surface area contributed by atoms with E-state index in [4.69, 9.17) is 18.5 Å². The lowest BCUT2D eigenvalue weighted by Gasteiger charge is -2.41. The standard InChI is InChI=1S/C51H87O13P/c1-3-5-7-9-11-13-15-17-19-20-21-22-23-24-26-28-30-32-34-36-38-40-45(53)63-43(42-62-65(59,60)64-51-49(57)47(55)46(54)48(56)50(51)58)41-61-44(52)39-37-35-33-31-29-27-25-18-16-14-12-10-8-6-4-2/h14,16,18-20,22-23,25-26,28,32,34,43,46-51,54-58H,3-13,15,17,21,24,27,29-31,33,35-42H2,1-2H3,(H,59,60)/b16-14+,20-19+,23-22+,25-18+,28-26+,34-32+/t43-,46?,47-,48?,49?,50?,51?/m1/s1. The Labute approximate surface area is 391 Å². The Morgan fingerprint density at radius 1 is 0.492 bits per heavy atom. The molecule has 0 aromatic carbocycles. The molecule has 0 spiro atoms. The molecule has 1 rings (SSSR count). The summed E-state index contributed by atoms with van der Waals surface area (Å²) in [7, 11) is -5.14. The second kappa shape index (κ2) is 40.4. The Balaban J connectivity index is 2.49. The normalized spacial score (nSPS) is 22.0. The molecular formula is C51H87O13P. The van der Waals surface area contributed by atoms with Gasteiger partial charge in [-0.3, -0.25) is 18.6 Å². The summed E-state index contributed by atoms with van der Waals surface area (Å²) in [6.45, 7) is 3.22. The van der Waals surface area contributed by atoms with Crippen LogP contribution in [0.4, 0.5) is 0 Å². The minimum Gasteiger partial charge on any atom is -0.462 e. The van der Waals surface area contributed by atoms with Crippen molar-refractivity contribution in [3.63, 3.8) is 0 Å². The zero-order chi connectivity index (χ0) is 47.8. The molecule has 0 aromatic rings. The fourth-order valence-electron chi connectivity index (χ4n) is 7.03. The molecule has 0 radical (unpaired) electrons. The quantitative estimate of drug-likeness (QED) is 0.0111. The van der Waals surface area contributed by atoms with E-state index >= 15 is 0 Å². The van der Waals surface area contributed by atoms with Gasteiger partial charge in [-0.25, -0.2) is 4.57 Å². The summed E-state index contributed by atoms with van der Waals surface area (Å²) in [5.41, 5.74) is 0. The number of phosphoric acid groups is 1. The molecule has 13 nitrogen and oxygen atoms in total. The van der Waals surface area contributed by atoms with E-state index in [9.17, 15) is 44.6 Å². The van der Waals surface area contributed by atoms with Gasteiger partial charge in [0.05, 0.1) is 6.61 Å². The van der Waals surface area contributed by atoms with Gasteiger partial charge in [0.1, 0.15) is 43.2 Å². The van der Waals surface area contributed by atoms with Gasteiger partial charge in [-0.2, -0.15) is 0 Å². The minimum atomic E-state index is -5.14. The van der Waals surface area contributed by atoms with Crippen molar-refractivity contribution in [3.05, 3.63) is 72.9 Å². The fraction of sp³-hybridized carbons (Fsp3) is 0.725.